The highest BCUT2D eigenvalue weighted by Gasteiger charge is 2.14. The van der Waals surface area contributed by atoms with E-state index < -0.39 is 0 Å². The summed E-state index contributed by atoms with van der Waals surface area (Å²) >= 11 is 0. The third kappa shape index (κ3) is 3.00. The van der Waals surface area contributed by atoms with Crippen LogP contribution in [0.4, 0.5) is 0 Å². The van der Waals surface area contributed by atoms with Crippen LogP contribution < -0.4 is 0 Å². The van der Waals surface area contributed by atoms with Gasteiger partial charge in [0, 0.05) is 27.6 Å². The Kier molecular flexibility index (Phi) is 4.18. The van der Waals surface area contributed by atoms with Gasteiger partial charge in [0.1, 0.15) is 0 Å². The van der Waals surface area contributed by atoms with Gasteiger partial charge in [-0.05, 0) is 62.4 Å². The number of hydrogen-bond donors (Lipinski definition) is 0. The molecule has 4 aromatic carbocycles. The minimum Gasteiger partial charge on any atom is -0.334 e. The van der Waals surface area contributed by atoms with Gasteiger partial charge in [-0.1, -0.05) is 58.7 Å². The lowest BCUT2D eigenvalue weighted by Crippen LogP contribution is -1.94. The Balaban J connectivity index is 1.45. The average molecular weight is 415 g/mol. The smallest absolute Gasteiger partial charge is 0.258 e. The predicted octanol–water partition coefficient (Wildman–Crippen LogP) is 7.12. The molecule has 32 heavy (non-hydrogen) atoms. The first kappa shape index (κ1) is 18.6. The molecule has 0 bridgehead atoms. The van der Waals surface area contributed by atoms with Gasteiger partial charge in [0.25, 0.3) is 5.89 Å². The van der Waals surface area contributed by atoms with Crippen molar-refractivity contribution in [1.82, 2.24) is 14.7 Å². The van der Waals surface area contributed by atoms with Crippen LogP contribution in [0.25, 0.3) is 50.3 Å². The molecule has 0 radical (unpaired) electrons. The van der Waals surface area contributed by atoms with Crippen LogP contribution in [-0.4, -0.2) is 14.7 Å². The zero-order valence-corrected chi connectivity index (χ0v) is 17.9. The highest BCUT2D eigenvalue weighted by atomic mass is 16.5. The topological polar surface area (TPSA) is 43.9 Å². The van der Waals surface area contributed by atoms with Gasteiger partial charge < -0.3 is 9.09 Å². The quantitative estimate of drug-likeness (QED) is 0.309. The highest BCUT2D eigenvalue weighted by Crippen LogP contribution is 2.34. The maximum absolute atomic E-state index is 5.53. The Morgan fingerprint density at radius 1 is 0.656 bits per heavy atom. The lowest BCUT2D eigenvalue weighted by atomic mass is 10.1. The van der Waals surface area contributed by atoms with Crippen molar-refractivity contribution in [2.24, 2.45) is 0 Å². The molecule has 0 saturated carbocycles. The standard InChI is InChI=1S/C28H21N3O/c1-18-8-14-25-23(16-18)24-17-19(2)9-15-26(24)31(25)22-12-10-21(11-13-22)28-29-27(30-32-28)20-6-4-3-5-7-20/h3-17H,1-2H3. The maximum Gasteiger partial charge on any atom is 0.258 e. The Hall–Kier alpha value is -4.18. The van der Waals surface area contributed by atoms with Crippen molar-refractivity contribution in [2.75, 3.05) is 0 Å². The Morgan fingerprint density at radius 2 is 1.28 bits per heavy atom. The first-order valence-electron chi connectivity index (χ1n) is 10.7. The van der Waals surface area contributed by atoms with E-state index in [4.69, 9.17) is 4.52 Å². The van der Waals surface area contributed by atoms with Crippen molar-refractivity contribution in [2.45, 2.75) is 13.8 Å². The molecular weight excluding hydrogens is 394 g/mol. The summed E-state index contributed by atoms with van der Waals surface area (Å²) in [7, 11) is 0. The first-order chi connectivity index (χ1) is 15.7. The second kappa shape index (κ2) is 7.20. The number of fused-ring (bicyclic) bond motifs is 3. The van der Waals surface area contributed by atoms with E-state index in [1.807, 2.05) is 42.5 Å². The van der Waals surface area contributed by atoms with Crippen LogP contribution >= 0.6 is 0 Å². The molecule has 0 amide bonds. The molecule has 0 unspecified atom stereocenters. The van der Waals surface area contributed by atoms with Gasteiger partial charge in [0.05, 0.1) is 11.0 Å². The Bertz CT molecular complexity index is 1520. The van der Waals surface area contributed by atoms with Crippen molar-refractivity contribution in [3.8, 4) is 28.5 Å². The van der Waals surface area contributed by atoms with Gasteiger partial charge >= 0.3 is 0 Å². The van der Waals surface area contributed by atoms with Crippen molar-refractivity contribution in [3.05, 3.63) is 102 Å². The van der Waals surface area contributed by atoms with E-state index in [0.717, 1.165) is 16.8 Å². The molecule has 0 fully saturated rings. The zero-order chi connectivity index (χ0) is 21.7. The number of aryl methyl sites for hydroxylation is 2. The number of nitrogens with zero attached hydrogens (tertiary/aromatic N) is 3. The second-order valence-corrected chi connectivity index (χ2v) is 8.21. The third-order valence-electron chi connectivity index (χ3n) is 5.91. The zero-order valence-electron chi connectivity index (χ0n) is 17.9. The van der Waals surface area contributed by atoms with E-state index in [2.05, 4.69) is 77.1 Å². The van der Waals surface area contributed by atoms with Crippen LogP contribution in [0.5, 0.6) is 0 Å². The molecule has 0 saturated heterocycles. The predicted molar refractivity (Wildman–Crippen MR) is 129 cm³/mol. The normalized spacial score (nSPS) is 11.4. The van der Waals surface area contributed by atoms with Crippen LogP contribution in [0.3, 0.4) is 0 Å². The molecule has 2 heterocycles. The summed E-state index contributed by atoms with van der Waals surface area (Å²) < 4.78 is 7.85. The van der Waals surface area contributed by atoms with Gasteiger partial charge in [-0.25, -0.2) is 0 Å². The maximum atomic E-state index is 5.53. The van der Waals surface area contributed by atoms with Crippen LogP contribution in [0.15, 0.2) is 95.5 Å². The summed E-state index contributed by atoms with van der Waals surface area (Å²) in [6.07, 6.45) is 0. The molecule has 4 heteroatoms. The van der Waals surface area contributed by atoms with E-state index in [1.54, 1.807) is 0 Å². The fourth-order valence-corrected chi connectivity index (χ4v) is 4.33. The molecule has 6 aromatic rings. The van der Waals surface area contributed by atoms with E-state index in [0.29, 0.717) is 11.7 Å². The van der Waals surface area contributed by atoms with Gasteiger partial charge in [0.2, 0.25) is 5.82 Å². The molecule has 6 rings (SSSR count). The molecule has 0 atom stereocenters. The molecule has 0 aliphatic heterocycles. The van der Waals surface area contributed by atoms with Crippen LogP contribution in [-0.2, 0) is 0 Å². The van der Waals surface area contributed by atoms with Crippen LogP contribution in [0.2, 0.25) is 0 Å². The molecule has 2 aromatic heterocycles. The minimum absolute atomic E-state index is 0.517. The Labute approximate surface area is 185 Å². The van der Waals surface area contributed by atoms with Gasteiger partial charge in [0.15, 0.2) is 0 Å². The molecule has 0 aliphatic rings. The Morgan fingerprint density at radius 3 is 1.91 bits per heavy atom. The summed E-state index contributed by atoms with van der Waals surface area (Å²) in [4.78, 5) is 4.58. The molecule has 4 nitrogen and oxygen atoms in total. The van der Waals surface area contributed by atoms with E-state index in [-0.39, 0.29) is 0 Å². The van der Waals surface area contributed by atoms with Crippen molar-refractivity contribution >= 4 is 21.8 Å². The fourth-order valence-electron chi connectivity index (χ4n) is 4.33. The molecule has 0 N–H and O–H groups in total. The summed E-state index contributed by atoms with van der Waals surface area (Å²) in [6.45, 7) is 4.28. The van der Waals surface area contributed by atoms with E-state index in [9.17, 15) is 0 Å². The van der Waals surface area contributed by atoms with E-state index in [1.165, 1.54) is 32.9 Å². The molecule has 154 valence electrons. The largest absolute Gasteiger partial charge is 0.334 e. The minimum atomic E-state index is 0.517. The summed E-state index contributed by atoms with van der Waals surface area (Å²) in [6, 6.07) is 31.4. The number of benzene rings is 4. The highest BCUT2D eigenvalue weighted by molar-refractivity contribution is 6.09. The monoisotopic (exact) mass is 415 g/mol. The lowest BCUT2D eigenvalue weighted by molar-refractivity contribution is 0.432. The van der Waals surface area contributed by atoms with Crippen LogP contribution in [0.1, 0.15) is 11.1 Å². The van der Waals surface area contributed by atoms with Crippen LogP contribution in [0, 0.1) is 13.8 Å². The summed E-state index contributed by atoms with van der Waals surface area (Å²) in [5.41, 5.74) is 7.87. The molecular formula is C28H21N3O. The van der Waals surface area contributed by atoms with Crippen molar-refractivity contribution in [1.29, 1.82) is 0 Å². The number of aromatic nitrogens is 3. The average Bonchev–Trinajstić information content (AvgIpc) is 3.43. The SMILES string of the molecule is Cc1ccc2c(c1)c1cc(C)ccc1n2-c1ccc(-c2nc(-c3ccccc3)no2)cc1. The first-order valence-corrected chi connectivity index (χ1v) is 10.7. The van der Waals surface area contributed by atoms with E-state index >= 15 is 0 Å². The van der Waals surface area contributed by atoms with Crippen molar-refractivity contribution in [3.63, 3.8) is 0 Å². The summed E-state index contributed by atoms with van der Waals surface area (Å²) in [5, 5.41) is 6.69. The lowest BCUT2D eigenvalue weighted by Gasteiger charge is -2.08. The van der Waals surface area contributed by atoms with Gasteiger partial charge in [-0.2, -0.15) is 4.98 Å². The van der Waals surface area contributed by atoms with Gasteiger partial charge in [-0.3, -0.25) is 0 Å². The molecule has 0 aliphatic carbocycles. The second-order valence-electron chi connectivity index (χ2n) is 8.21. The fraction of sp³-hybridized carbons (Fsp3) is 0.0714. The third-order valence-corrected chi connectivity index (χ3v) is 5.91. The number of hydrogen-bond acceptors (Lipinski definition) is 3. The number of rotatable bonds is 3. The molecule has 0 spiro atoms. The van der Waals surface area contributed by atoms with Gasteiger partial charge in [-0.15, -0.1) is 0 Å². The van der Waals surface area contributed by atoms with Crippen molar-refractivity contribution < 1.29 is 4.52 Å². The summed E-state index contributed by atoms with van der Waals surface area (Å²) in [5.74, 6) is 1.11.